The third-order valence-electron chi connectivity index (χ3n) is 6.38. The van der Waals surface area contributed by atoms with Crippen molar-refractivity contribution < 1.29 is 14.7 Å². The molecule has 3 aromatic carbocycles. The number of rotatable bonds is 6. The Bertz CT molecular complexity index is 1660. The quantitative estimate of drug-likeness (QED) is 0.270. The van der Waals surface area contributed by atoms with Crippen molar-refractivity contribution in [2.24, 2.45) is 5.10 Å². The highest BCUT2D eigenvalue weighted by atomic mass is 35.5. The normalized spacial score (nSPS) is 15.1. The first-order valence-corrected chi connectivity index (χ1v) is 12.8. The molecule has 0 radical (unpaired) electrons. The number of nitrogens with zero attached hydrogens (tertiary/aromatic N) is 2. The molecule has 1 aliphatic heterocycles. The van der Waals surface area contributed by atoms with E-state index in [-0.39, 0.29) is 24.8 Å². The number of halogens is 3. The van der Waals surface area contributed by atoms with Gasteiger partial charge in [0.05, 0.1) is 23.7 Å². The van der Waals surface area contributed by atoms with Crippen LogP contribution in [-0.2, 0) is 9.59 Å². The van der Waals surface area contributed by atoms with Crippen LogP contribution in [0.3, 0.4) is 0 Å². The summed E-state index contributed by atoms with van der Waals surface area (Å²) in [7, 11) is 0. The number of pyridine rings is 1. The topological polar surface area (TPSA) is 103 Å². The van der Waals surface area contributed by atoms with Gasteiger partial charge < -0.3 is 10.1 Å². The molecule has 0 fully saturated rings. The minimum atomic E-state index is -1.10. The van der Waals surface area contributed by atoms with Crippen molar-refractivity contribution in [2.45, 2.75) is 25.3 Å². The third kappa shape index (κ3) is 5.05. The van der Waals surface area contributed by atoms with Crippen molar-refractivity contribution in [3.8, 4) is 11.1 Å². The summed E-state index contributed by atoms with van der Waals surface area (Å²) >= 11 is 18.7. The molecule has 0 aliphatic carbocycles. The van der Waals surface area contributed by atoms with Crippen LogP contribution in [0.4, 0.5) is 0 Å². The largest absolute Gasteiger partial charge is 0.481 e. The van der Waals surface area contributed by atoms with Crippen molar-refractivity contribution in [3.05, 3.63) is 103 Å². The number of hydrogen-bond acceptors (Lipinski definition) is 4. The van der Waals surface area contributed by atoms with Crippen molar-refractivity contribution in [1.82, 2.24) is 9.99 Å². The van der Waals surface area contributed by atoms with Gasteiger partial charge >= 0.3 is 5.97 Å². The number of para-hydroxylation sites is 1. The van der Waals surface area contributed by atoms with Gasteiger partial charge in [0.25, 0.3) is 5.56 Å². The van der Waals surface area contributed by atoms with Crippen LogP contribution in [-0.4, -0.2) is 32.7 Å². The average molecular weight is 569 g/mol. The molecule has 1 atom stereocenters. The van der Waals surface area contributed by atoms with E-state index in [1.165, 1.54) is 5.01 Å². The molecular weight excluding hydrogens is 549 g/mol. The number of carbonyl (C=O) groups excluding carboxylic acids is 1. The number of nitrogens with one attached hydrogen (secondary N) is 1. The Hall–Kier alpha value is -3.65. The zero-order valence-electron chi connectivity index (χ0n) is 19.7. The SMILES string of the molecule is O=C(O)CCC(=O)N1N=C(c2c(-c3ccc(Cl)cc3)c3ccccc3[nH]c2=O)C[C@H]1c1ccc(Cl)cc1Cl. The second-order valence-corrected chi connectivity index (χ2v) is 10.1. The predicted octanol–water partition coefficient (Wildman–Crippen LogP) is 6.70. The molecule has 5 rings (SSSR count). The number of carbonyl (C=O) groups is 2. The number of amides is 1. The molecule has 10 heteroatoms. The number of H-pyrrole nitrogens is 1. The van der Waals surface area contributed by atoms with Gasteiger partial charge in [-0.05, 0) is 41.5 Å². The molecule has 7 nitrogen and oxygen atoms in total. The number of fused-ring (bicyclic) bond motifs is 1. The predicted molar refractivity (Wildman–Crippen MR) is 149 cm³/mol. The molecule has 192 valence electrons. The molecule has 0 unspecified atom stereocenters. The highest BCUT2D eigenvalue weighted by Crippen LogP contribution is 2.40. The number of aliphatic carboxylic acids is 1. The van der Waals surface area contributed by atoms with Crippen LogP contribution in [0.1, 0.15) is 36.4 Å². The van der Waals surface area contributed by atoms with Gasteiger partial charge in [-0.1, -0.05) is 71.2 Å². The van der Waals surface area contributed by atoms with Crippen LogP contribution in [0.25, 0.3) is 22.0 Å². The fourth-order valence-corrected chi connectivity index (χ4v) is 5.33. The van der Waals surface area contributed by atoms with E-state index in [4.69, 9.17) is 39.9 Å². The molecule has 0 saturated carbocycles. The van der Waals surface area contributed by atoms with Crippen LogP contribution < -0.4 is 5.56 Å². The number of carboxylic acid groups (broad SMARTS) is 1. The molecule has 2 heterocycles. The maximum Gasteiger partial charge on any atom is 0.303 e. The van der Waals surface area contributed by atoms with Gasteiger partial charge in [0.15, 0.2) is 0 Å². The summed E-state index contributed by atoms with van der Waals surface area (Å²) in [5.41, 5.74) is 2.97. The lowest BCUT2D eigenvalue weighted by molar-refractivity contribution is -0.141. The number of hydrogen-bond donors (Lipinski definition) is 2. The zero-order chi connectivity index (χ0) is 27.0. The first-order chi connectivity index (χ1) is 18.2. The summed E-state index contributed by atoms with van der Waals surface area (Å²) in [5, 5.41) is 17.1. The number of benzene rings is 3. The van der Waals surface area contributed by atoms with E-state index in [0.717, 1.165) is 10.9 Å². The standard InChI is InChI=1S/C28H20Cl3N3O4/c29-16-7-5-15(6-8-16)26-19-3-1-2-4-21(19)32-28(38)27(26)22-14-23(18-10-9-17(30)13-20(18)31)34(33-22)24(35)11-12-25(36)37/h1-10,13,23H,11-12,14H2,(H,32,38)(H,36,37)/t23-/m0/s1. The molecule has 0 saturated heterocycles. The molecule has 0 spiro atoms. The Labute approximate surface area is 232 Å². The van der Waals surface area contributed by atoms with Crippen LogP contribution >= 0.6 is 34.8 Å². The molecule has 4 aromatic rings. The summed E-state index contributed by atoms with van der Waals surface area (Å²) in [4.78, 5) is 40.8. The fourth-order valence-electron chi connectivity index (χ4n) is 4.67. The van der Waals surface area contributed by atoms with Gasteiger partial charge in [-0.2, -0.15) is 5.10 Å². The fraction of sp³-hybridized carbons (Fsp3) is 0.143. The van der Waals surface area contributed by atoms with E-state index in [1.54, 1.807) is 30.3 Å². The second kappa shape index (κ2) is 10.6. The monoisotopic (exact) mass is 567 g/mol. The third-order valence-corrected chi connectivity index (χ3v) is 7.20. The average Bonchev–Trinajstić information content (AvgIpc) is 3.31. The van der Waals surface area contributed by atoms with E-state index in [0.29, 0.717) is 43.0 Å². The van der Waals surface area contributed by atoms with E-state index >= 15 is 0 Å². The zero-order valence-corrected chi connectivity index (χ0v) is 22.0. The summed E-state index contributed by atoms with van der Waals surface area (Å²) in [6.07, 6.45) is -0.429. The molecule has 1 amide bonds. The highest BCUT2D eigenvalue weighted by molar-refractivity contribution is 6.35. The number of aromatic nitrogens is 1. The number of carboxylic acids is 1. The summed E-state index contributed by atoms with van der Waals surface area (Å²) in [6, 6.07) is 18.8. The molecule has 1 aromatic heterocycles. The van der Waals surface area contributed by atoms with Gasteiger partial charge in [-0.3, -0.25) is 14.4 Å². The lowest BCUT2D eigenvalue weighted by Crippen LogP contribution is -2.27. The van der Waals surface area contributed by atoms with E-state index in [2.05, 4.69) is 10.1 Å². The minimum Gasteiger partial charge on any atom is -0.481 e. The Morgan fingerprint density at radius 1 is 0.947 bits per heavy atom. The second-order valence-electron chi connectivity index (χ2n) is 8.82. The summed E-state index contributed by atoms with van der Waals surface area (Å²) in [6.45, 7) is 0. The smallest absolute Gasteiger partial charge is 0.303 e. The first-order valence-electron chi connectivity index (χ1n) is 11.7. The van der Waals surface area contributed by atoms with Crippen LogP contribution in [0.2, 0.25) is 15.1 Å². The summed E-state index contributed by atoms with van der Waals surface area (Å²) in [5.74, 6) is -1.59. The van der Waals surface area contributed by atoms with E-state index < -0.39 is 17.9 Å². The van der Waals surface area contributed by atoms with Crippen molar-refractivity contribution in [2.75, 3.05) is 0 Å². The van der Waals surface area contributed by atoms with Crippen LogP contribution in [0, 0.1) is 0 Å². The molecule has 2 N–H and O–H groups in total. The molecule has 38 heavy (non-hydrogen) atoms. The minimum absolute atomic E-state index is 0.183. The van der Waals surface area contributed by atoms with Gasteiger partial charge in [0, 0.05) is 44.4 Å². The number of hydrazone groups is 1. The lowest BCUT2D eigenvalue weighted by Gasteiger charge is -2.23. The van der Waals surface area contributed by atoms with Crippen LogP contribution in [0.15, 0.2) is 76.6 Å². The van der Waals surface area contributed by atoms with Gasteiger partial charge in [0.1, 0.15) is 0 Å². The Morgan fingerprint density at radius 3 is 2.37 bits per heavy atom. The van der Waals surface area contributed by atoms with Crippen molar-refractivity contribution in [3.63, 3.8) is 0 Å². The summed E-state index contributed by atoms with van der Waals surface area (Å²) < 4.78 is 0. The molecular formula is C28H20Cl3N3O4. The first kappa shape index (κ1) is 26.0. The van der Waals surface area contributed by atoms with Gasteiger partial charge in [-0.25, -0.2) is 5.01 Å². The molecule has 0 bridgehead atoms. The van der Waals surface area contributed by atoms with Gasteiger partial charge in [0.2, 0.25) is 5.91 Å². The van der Waals surface area contributed by atoms with Gasteiger partial charge in [-0.15, -0.1) is 0 Å². The highest BCUT2D eigenvalue weighted by Gasteiger charge is 2.36. The van der Waals surface area contributed by atoms with Crippen molar-refractivity contribution >= 4 is 63.3 Å². The Morgan fingerprint density at radius 2 is 1.66 bits per heavy atom. The maximum atomic E-state index is 13.5. The van der Waals surface area contributed by atoms with E-state index in [9.17, 15) is 14.4 Å². The Balaban J connectivity index is 1.70. The van der Waals surface area contributed by atoms with Crippen LogP contribution in [0.5, 0.6) is 0 Å². The Kier molecular flexibility index (Phi) is 7.25. The maximum absolute atomic E-state index is 13.5. The van der Waals surface area contributed by atoms with Crippen molar-refractivity contribution in [1.29, 1.82) is 0 Å². The van der Waals surface area contributed by atoms with E-state index in [1.807, 2.05) is 36.4 Å². The lowest BCUT2D eigenvalue weighted by atomic mass is 9.91. The number of aromatic amines is 1. The molecule has 1 aliphatic rings.